The van der Waals surface area contributed by atoms with E-state index in [1.807, 2.05) is 0 Å². The first-order valence-electron chi connectivity index (χ1n) is 10.7. The van der Waals surface area contributed by atoms with Gasteiger partial charge in [0, 0.05) is 30.7 Å². The Morgan fingerprint density at radius 3 is 2.59 bits per heavy atom. The zero-order valence-corrected chi connectivity index (χ0v) is 18.1. The molecule has 1 aromatic carbocycles. The molecule has 1 aliphatic carbocycles. The van der Waals surface area contributed by atoms with Crippen LogP contribution in [-0.4, -0.2) is 36.6 Å². The van der Waals surface area contributed by atoms with Crippen molar-refractivity contribution in [3.63, 3.8) is 0 Å². The Morgan fingerprint density at radius 2 is 1.97 bits per heavy atom. The van der Waals surface area contributed by atoms with Gasteiger partial charge in [-0.05, 0) is 37.5 Å². The Bertz CT molecular complexity index is 1410. The second-order valence-corrected chi connectivity index (χ2v) is 8.43. The molecule has 11 heteroatoms. The van der Waals surface area contributed by atoms with E-state index in [9.17, 15) is 18.0 Å². The summed E-state index contributed by atoms with van der Waals surface area (Å²) in [6.45, 7) is -0.0276. The number of nitrogens with zero attached hydrogens (tertiary/aromatic N) is 5. The summed E-state index contributed by atoms with van der Waals surface area (Å²) in [6, 6.07) is 4.63. The lowest BCUT2D eigenvalue weighted by Crippen LogP contribution is -2.44. The number of nitrogen functional groups attached to an aromatic ring is 1. The highest BCUT2D eigenvalue weighted by atomic mass is 19.4. The number of alkyl halides is 3. The van der Waals surface area contributed by atoms with Gasteiger partial charge in [-0.2, -0.15) is 18.3 Å². The van der Waals surface area contributed by atoms with Gasteiger partial charge in [-0.15, -0.1) is 0 Å². The summed E-state index contributed by atoms with van der Waals surface area (Å²) in [5.41, 5.74) is 6.16. The normalized spacial score (nSPS) is 14.5. The molecule has 34 heavy (non-hydrogen) atoms. The molecule has 4 aromatic rings. The Morgan fingerprint density at radius 1 is 1.21 bits per heavy atom. The minimum Gasteiger partial charge on any atom is -0.383 e. The first kappa shape index (κ1) is 22.1. The quantitative estimate of drug-likeness (QED) is 0.443. The molecular weight excluding hydrogens is 452 g/mol. The number of hydrogen-bond donors (Lipinski definition) is 1. The molecule has 1 amide bonds. The number of aromatic nitrogens is 4. The molecule has 0 unspecified atom stereocenters. The number of aryl methyl sites for hydroxylation is 1. The van der Waals surface area contributed by atoms with Crippen LogP contribution in [0, 0.1) is 5.82 Å². The number of hydrogen-bond acceptors (Lipinski definition) is 5. The van der Waals surface area contributed by atoms with E-state index in [1.54, 1.807) is 17.9 Å². The second kappa shape index (κ2) is 7.93. The smallest absolute Gasteiger partial charge is 0.383 e. The van der Waals surface area contributed by atoms with Crippen molar-refractivity contribution in [3.05, 3.63) is 59.3 Å². The van der Waals surface area contributed by atoms with Crippen molar-refractivity contribution >= 4 is 33.5 Å². The third kappa shape index (κ3) is 3.70. The number of carbonyl (C=O) groups is 1. The Labute approximate surface area is 191 Å². The van der Waals surface area contributed by atoms with Gasteiger partial charge in [0.05, 0.1) is 46.0 Å². The third-order valence-electron chi connectivity index (χ3n) is 6.29. The van der Waals surface area contributed by atoms with Crippen LogP contribution in [0.3, 0.4) is 0 Å². The molecule has 0 radical (unpaired) electrons. The monoisotopic (exact) mass is 472 g/mol. The van der Waals surface area contributed by atoms with E-state index >= 15 is 4.39 Å². The van der Waals surface area contributed by atoms with E-state index in [1.165, 1.54) is 23.1 Å². The van der Waals surface area contributed by atoms with E-state index in [0.29, 0.717) is 21.8 Å². The minimum atomic E-state index is -4.50. The number of amides is 1. The topological polar surface area (TPSA) is 89.9 Å². The molecule has 5 rings (SSSR count). The van der Waals surface area contributed by atoms with Crippen LogP contribution in [-0.2, 0) is 19.8 Å². The predicted molar refractivity (Wildman–Crippen MR) is 117 cm³/mol. The lowest BCUT2D eigenvalue weighted by atomic mass is 9.90. The molecule has 3 aromatic heterocycles. The van der Waals surface area contributed by atoms with Crippen LogP contribution in [0.2, 0.25) is 0 Å². The van der Waals surface area contributed by atoms with Gasteiger partial charge < -0.3 is 10.6 Å². The number of anilines is 1. The van der Waals surface area contributed by atoms with Crippen LogP contribution in [0.1, 0.15) is 40.9 Å². The number of nitrogens with two attached hydrogens (primary N) is 1. The van der Waals surface area contributed by atoms with Gasteiger partial charge in [-0.3, -0.25) is 14.5 Å². The molecule has 0 saturated heterocycles. The zero-order chi connectivity index (χ0) is 24.2. The summed E-state index contributed by atoms with van der Waals surface area (Å²) in [7, 11) is 1.71. The molecule has 1 fully saturated rings. The molecular formula is C23H20F4N6O. The molecule has 1 aliphatic rings. The number of carbonyl (C=O) groups excluding carboxylic acids is 1. The standard InChI is InChI=1S/C23H20F4N6O/c1-32-20-16-7-15(18(24)8-19(16)31-21(28)17(20)10-30-32)22(34)33(14-3-2-4-14)11-13-6-5-12(9-29-13)23(25,26)27/h5-10,14H,2-4,11H2,1H3,(H2,28,31). The molecule has 0 aliphatic heterocycles. The van der Waals surface area contributed by atoms with E-state index < -0.39 is 23.5 Å². The van der Waals surface area contributed by atoms with E-state index in [0.717, 1.165) is 31.5 Å². The van der Waals surface area contributed by atoms with Crippen molar-refractivity contribution in [1.29, 1.82) is 0 Å². The van der Waals surface area contributed by atoms with Crippen molar-refractivity contribution in [2.24, 2.45) is 7.05 Å². The molecule has 7 nitrogen and oxygen atoms in total. The Hall–Kier alpha value is -3.76. The summed E-state index contributed by atoms with van der Waals surface area (Å²) in [6.07, 6.45) is 0.159. The van der Waals surface area contributed by atoms with E-state index in [2.05, 4.69) is 15.1 Å². The minimum absolute atomic E-state index is 0.0276. The van der Waals surface area contributed by atoms with Crippen LogP contribution in [0.5, 0.6) is 0 Å². The average molecular weight is 472 g/mol. The lowest BCUT2D eigenvalue weighted by Gasteiger charge is -2.37. The summed E-state index contributed by atoms with van der Waals surface area (Å²) >= 11 is 0. The fraction of sp³-hybridized carbons (Fsp3) is 0.304. The highest BCUT2D eigenvalue weighted by Gasteiger charge is 2.33. The maximum Gasteiger partial charge on any atom is 0.417 e. The molecule has 0 bridgehead atoms. The fourth-order valence-corrected chi connectivity index (χ4v) is 4.22. The molecule has 2 N–H and O–H groups in total. The number of pyridine rings is 2. The zero-order valence-electron chi connectivity index (χ0n) is 18.1. The number of halogens is 4. The third-order valence-corrected chi connectivity index (χ3v) is 6.29. The Kier molecular flexibility index (Phi) is 5.14. The molecule has 176 valence electrons. The first-order chi connectivity index (χ1) is 16.1. The lowest BCUT2D eigenvalue weighted by molar-refractivity contribution is -0.137. The van der Waals surface area contributed by atoms with Crippen LogP contribution in [0.15, 0.2) is 36.7 Å². The van der Waals surface area contributed by atoms with Crippen LogP contribution in [0.25, 0.3) is 21.8 Å². The van der Waals surface area contributed by atoms with Crippen molar-refractivity contribution in [3.8, 4) is 0 Å². The molecule has 0 spiro atoms. The summed E-state index contributed by atoms with van der Waals surface area (Å²) in [5.74, 6) is -1.10. The highest BCUT2D eigenvalue weighted by molar-refractivity contribution is 6.10. The summed E-state index contributed by atoms with van der Waals surface area (Å²) in [4.78, 5) is 23.1. The van der Waals surface area contributed by atoms with Gasteiger partial charge in [-0.25, -0.2) is 9.37 Å². The SMILES string of the molecule is Cn1ncc2c(N)nc3cc(F)c(C(=O)N(Cc4ccc(C(F)(F)F)cn4)C4CCC4)cc3c21. The Balaban J connectivity index is 1.54. The van der Waals surface area contributed by atoms with Crippen LogP contribution in [0.4, 0.5) is 23.4 Å². The van der Waals surface area contributed by atoms with E-state index in [-0.39, 0.29) is 29.7 Å². The predicted octanol–water partition coefficient (Wildman–Crippen LogP) is 4.45. The van der Waals surface area contributed by atoms with Gasteiger partial charge >= 0.3 is 6.18 Å². The fourth-order valence-electron chi connectivity index (χ4n) is 4.22. The molecule has 1 saturated carbocycles. The number of fused-ring (bicyclic) bond motifs is 3. The van der Waals surface area contributed by atoms with Gasteiger partial charge in [0.1, 0.15) is 11.6 Å². The number of rotatable bonds is 4. The van der Waals surface area contributed by atoms with Gasteiger partial charge in [-0.1, -0.05) is 0 Å². The first-order valence-corrected chi connectivity index (χ1v) is 10.7. The molecule has 0 atom stereocenters. The summed E-state index contributed by atoms with van der Waals surface area (Å²) < 4.78 is 55.3. The van der Waals surface area contributed by atoms with Crippen molar-refractivity contribution < 1.29 is 22.4 Å². The summed E-state index contributed by atoms with van der Waals surface area (Å²) in [5, 5.41) is 5.30. The highest BCUT2D eigenvalue weighted by Crippen LogP contribution is 2.33. The maximum atomic E-state index is 15.1. The van der Waals surface area contributed by atoms with Gasteiger partial charge in [0.25, 0.3) is 5.91 Å². The van der Waals surface area contributed by atoms with Crippen molar-refractivity contribution in [2.75, 3.05) is 5.73 Å². The number of benzene rings is 1. The van der Waals surface area contributed by atoms with Crippen molar-refractivity contribution in [1.82, 2.24) is 24.6 Å². The van der Waals surface area contributed by atoms with Crippen LogP contribution < -0.4 is 5.73 Å². The molecule has 3 heterocycles. The van der Waals surface area contributed by atoms with Gasteiger partial charge in [0.15, 0.2) is 0 Å². The van der Waals surface area contributed by atoms with Crippen LogP contribution >= 0.6 is 0 Å². The van der Waals surface area contributed by atoms with Gasteiger partial charge in [0.2, 0.25) is 0 Å². The maximum absolute atomic E-state index is 15.1. The average Bonchev–Trinajstić information content (AvgIpc) is 3.13. The van der Waals surface area contributed by atoms with Crippen molar-refractivity contribution in [2.45, 2.75) is 38.0 Å². The second-order valence-electron chi connectivity index (χ2n) is 8.43. The largest absolute Gasteiger partial charge is 0.417 e. The van der Waals surface area contributed by atoms with E-state index in [4.69, 9.17) is 5.73 Å².